The molecule has 2 atom stereocenters. The molecule has 128 valence electrons. The van der Waals surface area contributed by atoms with E-state index in [1.165, 1.54) is 0 Å². The van der Waals surface area contributed by atoms with Gasteiger partial charge in [0.15, 0.2) is 0 Å². The van der Waals surface area contributed by atoms with Crippen molar-refractivity contribution in [3.05, 3.63) is 17.5 Å². The van der Waals surface area contributed by atoms with E-state index in [2.05, 4.69) is 9.97 Å². The summed E-state index contributed by atoms with van der Waals surface area (Å²) in [7, 11) is -1.24. The van der Waals surface area contributed by atoms with Crippen LogP contribution in [0.1, 0.15) is 38.6 Å². The Kier molecular flexibility index (Phi) is 5.39. The number of hydrogen-bond donors (Lipinski definition) is 0. The molecule has 1 saturated heterocycles. The second-order valence-corrected chi connectivity index (χ2v) is 8.42. The molecular weight excluding hydrogens is 314 g/mol. The smallest absolute Gasteiger partial charge is 0.410 e. The summed E-state index contributed by atoms with van der Waals surface area (Å²) in [6, 6.07) is 1.86. The third kappa shape index (κ3) is 5.27. The van der Waals surface area contributed by atoms with Crippen LogP contribution >= 0.6 is 0 Å². The van der Waals surface area contributed by atoms with Gasteiger partial charge in [-0.15, -0.1) is 0 Å². The number of rotatable bonds is 3. The van der Waals surface area contributed by atoms with Gasteiger partial charge in [0.1, 0.15) is 5.60 Å². The topological polar surface area (TPSA) is 72.4 Å². The van der Waals surface area contributed by atoms with Gasteiger partial charge in [-0.25, -0.2) is 14.8 Å². The minimum atomic E-state index is -1.24. The minimum Gasteiger partial charge on any atom is -0.444 e. The van der Waals surface area contributed by atoms with Gasteiger partial charge in [0.2, 0.25) is 5.16 Å². The van der Waals surface area contributed by atoms with E-state index in [1.54, 1.807) is 4.90 Å². The number of carbonyl (C=O) groups excluding carboxylic acids is 1. The Bertz CT molecular complexity index is 593. The van der Waals surface area contributed by atoms with Crippen LogP contribution in [0.4, 0.5) is 4.79 Å². The summed E-state index contributed by atoms with van der Waals surface area (Å²) in [6.45, 7) is 10.5. The number of nitrogens with zero attached hydrogens (tertiary/aromatic N) is 3. The Balaban J connectivity index is 1.92. The van der Waals surface area contributed by atoms with Crippen LogP contribution in [0, 0.1) is 19.8 Å². The molecule has 1 fully saturated rings. The summed E-state index contributed by atoms with van der Waals surface area (Å²) in [6.07, 6.45) is 0.531. The Morgan fingerprint density at radius 1 is 1.35 bits per heavy atom. The highest BCUT2D eigenvalue weighted by atomic mass is 32.2. The summed E-state index contributed by atoms with van der Waals surface area (Å²) in [5.41, 5.74) is 1.15. The first-order chi connectivity index (χ1) is 10.6. The van der Waals surface area contributed by atoms with Gasteiger partial charge in [0, 0.05) is 30.2 Å². The molecule has 0 radical (unpaired) electrons. The molecule has 0 spiro atoms. The van der Waals surface area contributed by atoms with Crippen LogP contribution in [0.5, 0.6) is 0 Å². The van der Waals surface area contributed by atoms with Crippen molar-refractivity contribution in [3.63, 3.8) is 0 Å². The third-order valence-corrected chi connectivity index (χ3v) is 4.85. The normalized spacial score (nSPS) is 19.7. The molecule has 1 aliphatic heterocycles. The molecule has 0 N–H and O–H groups in total. The quantitative estimate of drug-likeness (QED) is 0.791. The first-order valence-corrected chi connectivity index (χ1v) is 9.14. The average molecular weight is 339 g/mol. The van der Waals surface area contributed by atoms with E-state index in [4.69, 9.17) is 4.74 Å². The number of amides is 1. The van der Waals surface area contributed by atoms with Crippen LogP contribution in [-0.4, -0.2) is 49.6 Å². The lowest BCUT2D eigenvalue weighted by molar-refractivity contribution is 0.0289. The summed E-state index contributed by atoms with van der Waals surface area (Å²) < 4.78 is 17.8. The first kappa shape index (κ1) is 17.8. The molecule has 1 aromatic rings. The monoisotopic (exact) mass is 339 g/mol. The zero-order chi connectivity index (χ0) is 17.2. The summed E-state index contributed by atoms with van der Waals surface area (Å²) in [4.78, 5) is 22.3. The van der Waals surface area contributed by atoms with Crippen LogP contribution in [0.3, 0.4) is 0 Å². The first-order valence-electron chi connectivity index (χ1n) is 7.82. The number of aromatic nitrogens is 2. The fraction of sp³-hybridized carbons (Fsp3) is 0.688. The van der Waals surface area contributed by atoms with Gasteiger partial charge in [-0.3, -0.25) is 4.21 Å². The number of aryl methyl sites for hydroxylation is 2. The molecule has 0 saturated carbocycles. The SMILES string of the molecule is Cc1cc(C)nc([S@](=O)C[C@@H]2CCN(C(=O)OC(C)(C)C)C2)n1. The van der Waals surface area contributed by atoms with Gasteiger partial charge in [-0.1, -0.05) is 0 Å². The van der Waals surface area contributed by atoms with Crippen molar-refractivity contribution in [2.45, 2.75) is 51.8 Å². The van der Waals surface area contributed by atoms with E-state index in [0.717, 1.165) is 17.8 Å². The van der Waals surface area contributed by atoms with E-state index in [-0.39, 0.29) is 12.0 Å². The Hall–Kier alpha value is -1.50. The number of carbonyl (C=O) groups is 1. The van der Waals surface area contributed by atoms with Crippen LogP contribution in [0.2, 0.25) is 0 Å². The van der Waals surface area contributed by atoms with E-state index in [9.17, 15) is 9.00 Å². The van der Waals surface area contributed by atoms with Crippen LogP contribution in [-0.2, 0) is 15.5 Å². The zero-order valence-corrected chi connectivity index (χ0v) is 15.3. The van der Waals surface area contributed by atoms with E-state index < -0.39 is 16.4 Å². The van der Waals surface area contributed by atoms with Gasteiger partial charge in [0.05, 0.1) is 10.8 Å². The predicted octanol–water partition coefficient (Wildman–Crippen LogP) is 2.46. The molecule has 6 nitrogen and oxygen atoms in total. The van der Waals surface area contributed by atoms with Crippen LogP contribution in [0.25, 0.3) is 0 Å². The summed E-state index contributed by atoms with van der Waals surface area (Å²) in [5.74, 6) is 0.662. The fourth-order valence-corrected chi connectivity index (χ4v) is 3.89. The number of hydrogen-bond acceptors (Lipinski definition) is 5. The molecular formula is C16H25N3O3S. The van der Waals surface area contributed by atoms with Crippen LogP contribution in [0.15, 0.2) is 11.2 Å². The molecule has 7 heteroatoms. The van der Waals surface area contributed by atoms with Gasteiger partial charge in [0.25, 0.3) is 0 Å². The van der Waals surface area contributed by atoms with Crippen molar-refractivity contribution in [1.29, 1.82) is 0 Å². The Morgan fingerprint density at radius 3 is 2.52 bits per heavy atom. The van der Waals surface area contributed by atoms with Crippen molar-refractivity contribution < 1.29 is 13.7 Å². The van der Waals surface area contributed by atoms with E-state index >= 15 is 0 Å². The van der Waals surface area contributed by atoms with Gasteiger partial charge in [-0.05, 0) is 53.0 Å². The number of likely N-dealkylation sites (tertiary alicyclic amines) is 1. The summed E-state index contributed by atoms with van der Waals surface area (Å²) >= 11 is 0. The maximum absolute atomic E-state index is 12.5. The predicted molar refractivity (Wildman–Crippen MR) is 88.7 cm³/mol. The zero-order valence-electron chi connectivity index (χ0n) is 14.5. The van der Waals surface area contributed by atoms with Crippen molar-refractivity contribution in [3.8, 4) is 0 Å². The summed E-state index contributed by atoms with van der Waals surface area (Å²) in [5, 5.41) is 0.387. The van der Waals surface area contributed by atoms with Gasteiger partial charge in [-0.2, -0.15) is 0 Å². The minimum absolute atomic E-state index is 0.188. The average Bonchev–Trinajstić information content (AvgIpc) is 2.84. The van der Waals surface area contributed by atoms with Crippen molar-refractivity contribution in [1.82, 2.24) is 14.9 Å². The molecule has 0 bridgehead atoms. The van der Waals surface area contributed by atoms with Crippen LogP contribution < -0.4 is 0 Å². The molecule has 23 heavy (non-hydrogen) atoms. The lowest BCUT2D eigenvalue weighted by Gasteiger charge is -2.24. The Labute approximate surface area is 140 Å². The van der Waals surface area contributed by atoms with E-state index in [1.807, 2.05) is 40.7 Å². The second-order valence-electron chi connectivity index (χ2n) is 7.03. The van der Waals surface area contributed by atoms with Crippen molar-refractivity contribution >= 4 is 16.9 Å². The molecule has 0 aromatic carbocycles. The highest BCUT2D eigenvalue weighted by molar-refractivity contribution is 7.84. The molecule has 0 aliphatic carbocycles. The number of ether oxygens (including phenoxy) is 1. The largest absolute Gasteiger partial charge is 0.444 e. The Morgan fingerprint density at radius 2 is 1.96 bits per heavy atom. The molecule has 2 rings (SSSR count). The molecule has 1 aliphatic rings. The lowest BCUT2D eigenvalue weighted by atomic mass is 10.2. The maximum atomic E-state index is 12.5. The standard InChI is InChI=1S/C16H25N3O3S/c1-11-8-12(2)18-14(17-11)23(21)10-13-6-7-19(9-13)15(20)22-16(3,4)5/h8,13H,6-7,9-10H2,1-5H3/t13-,23-/m1/s1. The van der Waals surface area contributed by atoms with Crippen molar-refractivity contribution in [2.24, 2.45) is 5.92 Å². The molecule has 0 unspecified atom stereocenters. The molecule has 1 amide bonds. The molecule has 1 aromatic heterocycles. The van der Waals surface area contributed by atoms with E-state index in [0.29, 0.717) is 24.0 Å². The van der Waals surface area contributed by atoms with Gasteiger partial charge < -0.3 is 9.64 Å². The van der Waals surface area contributed by atoms with Crippen molar-refractivity contribution in [2.75, 3.05) is 18.8 Å². The molecule has 2 heterocycles. The highest BCUT2D eigenvalue weighted by Gasteiger charge is 2.31. The highest BCUT2D eigenvalue weighted by Crippen LogP contribution is 2.21. The van der Waals surface area contributed by atoms with Gasteiger partial charge >= 0.3 is 6.09 Å². The second kappa shape index (κ2) is 6.95. The lowest BCUT2D eigenvalue weighted by Crippen LogP contribution is -2.35. The third-order valence-electron chi connectivity index (χ3n) is 3.49. The fourth-order valence-electron chi connectivity index (χ4n) is 2.55. The maximum Gasteiger partial charge on any atom is 0.410 e.